The first-order valence-electron chi connectivity index (χ1n) is 4.02. The fourth-order valence-electron chi connectivity index (χ4n) is 1.04. The fourth-order valence-corrected chi connectivity index (χ4v) is 1.04. The van der Waals surface area contributed by atoms with Crippen LogP contribution in [0.15, 0.2) is 37.5 Å². The fraction of sp³-hybridized carbons (Fsp3) is 0.300. The minimum Gasteiger partial charge on any atom is -0.452 e. The number of cyclic esters (lactones) is 1. The van der Waals surface area contributed by atoms with Crippen LogP contribution in [-0.2, 0) is 14.3 Å². The van der Waals surface area contributed by atoms with Gasteiger partial charge in [0.25, 0.3) is 0 Å². The maximum absolute atomic E-state index is 10.8. The van der Waals surface area contributed by atoms with E-state index in [0.717, 1.165) is 0 Å². The van der Waals surface area contributed by atoms with Crippen molar-refractivity contribution >= 4 is 5.97 Å². The van der Waals surface area contributed by atoms with Crippen molar-refractivity contribution in [3.63, 3.8) is 0 Å². The number of hydrogen-bond acceptors (Lipinski definition) is 3. The third-order valence-corrected chi connectivity index (χ3v) is 1.64. The van der Waals surface area contributed by atoms with E-state index in [1.165, 1.54) is 6.08 Å². The van der Waals surface area contributed by atoms with E-state index in [2.05, 4.69) is 13.2 Å². The lowest BCUT2D eigenvalue weighted by molar-refractivity contribution is -0.147. The van der Waals surface area contributed by atoms with Gasteiger partial charge < -0.3 is 9.47 Å². The van der Waals surface area contributed by atoms with Crippen molar-refractivity contribution < 1.29 is 14.3 Å². The smallest absolute Gasteiger partial charge is 0.331 e. The number of esters is 1. The molecule has 1 aliphatic heterocycles. The Balaban J connectivity index is 2.59. The maximum atomic E-state index is 10.8. The summed E-state index contributed by atoms with van der Waals surface area (Å²) in [7, 11) is 0. The molecule has 0 aromatic heterocycles. The average molecular weight is 180 g/mol. The Hall–Kier alpha value is -1.35. The van der Waals surface area contributed by atoms with Gasteiger partial charge in [-0.3, -0.25) is 0 Å². The summed E-state index contributed by atoms with van der Waals surface area (Å²) in [6.07, 6.45) is 5.58. The molecule has 3 nitrogen and oxygen atoms in total. The molecule has 1 heterocycles. The molecule has 0 aliphatic carbocycles. The third kappa shape index (κ3) is 2.56. The van der Waals surface area contributed by atoms with E-state index in [-0.39, 0.29) is 12.1 Å². The highest BCUT2D eigenvalue weighted by molar-refractivity contribution is 5.83. The molecule has 0 saturated heterocycles. The van der Waals surface area contributed by atoms with Gasteiger partial charge in [-0.15, -0.1) is 6.58 Å². The Morgan fingerprint density at radius 3 is 3.00 bits per heavy atom. The van der Waals surface area contributed by atoms with Crippen molar-refractivity contribution in [2.45, 2.75) is 12.2 Å². The lowest BCUT2D eigenvalue weighted by atomic mass is 10.1. The summed E-state index contributed by atoms with van der Waals surface area (Å²) in [6.45, 7) is 7.52. The SMILES string of the molecule is C=CCO[C@H]1C=CC(=O)O[C@@H]1C=C. The van der Waals surface area contributed by atoms with Gasteiger partial charge in [0.2, 0.25) is 0 Å². The largest absolute Gasteiger partial charge is 0.452 e. The zero-order chi connectivity index (χ0) is 9.68. The molecule has 0 aromatic rings. The molecule has 13 heavy (non-hydrogen) atoms. The first-order valence-corrected chi connectivity index (χ1v) is 4.02. The van der Waals surface area contributed by atoms with Crippen LogP contribution >= 0.6 is 0 Å². The van der Waals surface area contributed by atoms with Gasteiger partial charge in [0.1, 0.15) is 12.2 Å². The normalized spacial score (nSPS) is 26.6. The molecular weight excluding hydrogens is 168 g/mol. The van der Waals surface area contributed by atoms with Crippen LogP contribution in [0.25, 0.3) is 0 Å². The lowest BCUT2D eigenvalue weighted by Crippen LogP contribution is -2.33. The van der Waals surface area contributed by atoms with Crippen LogP contribution in [0.3, 0.4) is 0 Å². The molecule has 0 saturated carbocycles. The summed E-state index contributed by atoms with van der Waals surface area (Å²) in [5.41, 5.74) is 0. The van der Waals surface area contributed by atoms with Crippen LogP contribution in [0.1, 0.15) is 0 Å². The van der Waals surface area contributed by atoms with E-state index >= 15 is 0 Å². The molecule has 0 N–H and O–H groups in total. The Bertz CT molecular complexity index is 243. The van der Waals surface area contributed by atoms with Gasteiger partial charge >= 0.3 is 5.97 Å². The minimum atomic E-state index is -0.391. The van der Waals surface area contributed by atoms with Crippen molar-refractivity contribution in [2.24, 2.45) is 0 Å². The summed E-state index contributed by atoms with van der Waals surface area (Å²) in [5, 5.41) is 0. The van der Waals surface area contributed by atoms with Gasteiger partial charge in [-0.05, 0) is 12.2 Å². The molecule has 70 valence electrons. The second-order valence-electron chi connectivity index (χ2n) is 2.58. The second kappa shape index (κ2) is 4.62. The molecule has 0 radical (unpaired) electrons. The summed E-state index contributed by atoms with van der Waals surface area (Å²) in [6, 6.07) is 0. The molecule has 0 bridgehead atoms. The van der Waals surface area contributed by atoms with Crippen LogP contribution in [0, 0.1) is 0 Å². The maximum Gasteiger partial charge on any atom is 0.331 e. The summed E-state index contributed by atoms with van der Waals surface area (Å²) < 4.78 is 10.3. The quantitative estimate of drug-likeness (QED) is 0.482. The summed E-state index contributed by atoms with van der Waals surface area (Å²) >= 11 is 0. The van der Waals surface area contributed by atoms with Gasteiger partial charge in [-0.25, -0.2) is 4.79 Å². The van der Waals surface area contributed by atoms with Crippen LogP contribution in [0.2, 0.25) is 0 Å². The molecule has 1 rings (SSSR count). The first-order chi connectivity index (χ1) is 6.27. The molecule has 0 aromatic carbocycles. The molecule has 0 spiro atoms. The highest BCUT2D eigenvalue weighted by atomic mass is 16.6. The monoisotopic (exact) mass is 180 g/mol. The number of carbonyl (C=O) groups is 1. The van der Waals surface area contributed by atoms with Crippen molar-refractivity contribution in [3.05, 3.63) is 37.5 Å². The standard InChI is InChI=1S/C10H12O3/c1-3-7-12-9-5-6-10(11)13-8(9)4-2/h3-6,8-9H,1-2,7H2/t8-,9+/m1/s1. The van der Waals surface area contributed by atoms with E-state index in [4.69, 9.17) is 9.47 Å². The van der Waals surface area contributed by atoms with E-state index in [1.807, 2.05) is 0 Å². The van der Waals surface area contributed by atoms with Crippen molar-refractivity contribution in [2.75, 3.05) is 6.61 Å². The van der Waals surface area contributed by atoms with Crippen LogP contribution < -0.4 is 0 Å². The molecule has 2 atom stereocenters. The topological polar surface area (TPSA) is 35.5 Å². The average Bonchev–Trinajstić information content (AvgIpc) is 2.16. The first kappa shape index (κ1) is 9.74. The Morgan fingerprint density at radius 1 is 1.62 bits per heavy atom. The second-order valence-corrected chi connectivity index (χ2v) is 2.58. The molecule has 1 aliphatic rings. The van der Waals surface area contributed by atoms with Gasteiger partial charge in [-0.1, -0.05) is 12.7 Å². The highest BCUT2D eigenvalue weighted by Crippen LogP contribution is 2.12. The molecule has 0 unspecified atom stereocenters. The number of hydrogen-bond donors (Lipinski definition) is 0. The number of carbonyl (C=O) groups excluding carboxylic acids is 1. The van der Waals surface area contributed by atoms with Crippen molar-refractivity contribution in [1.29, 1.82) is 0 Å². The molecule has 0 amide bonds. The van der Waals surface area contributed by atoms with E-state index in [1.54, 1.807) is 18.2 Å². The highest BCUT2D eigenvalue weighted by Gasteiger charge is 2.23. The Morgan fingerprint density at radius 2 is 2.38 bits per heavy atom. The molecular formula is C10H12O3. The van der Waals surface area contributed by atoms with Gasteiger partial charge in [0.05, 0.1) is 6.61 Å². The zero-order valence-corrected chi connectivity index (χ0v) is 7.31. The summed E-state index contributed by atoms with van der Waals surface area (Å²) in [5.74, 6) is -0.358. The Kier molecular flexibility index (Phi) is 3.46. The molecule has 3 heteroatoms. The van der Waals surface area contributed by atoms with Gasteiger partial charge in [0.15, 0.2) is 0 Å². The van der Waals surface area contributed by atoms with Gasteiger partial charge in [-0.2, -0.15) is 0 Å². The van der Waals surface area contributed by atoms with E-state index < -0.39 is 6.10 Å². The van der Waals surface area contributed by atoms with Crippen molar-refractivity contribution in [3.8, 4) is 0 Å². The van der Waals surface area contributed by atoms with Gasteiger partial charge in [0, 0.05) is 6.08 Å². The predicted molar refractivity (Wildman–Crippen MR) is 49.2 cm³/mol. The van der Waals surface area contributed by atoms with Crippen LogP contribution in [0.4, 0.5) is 0 Å². The van der Waals surface area contributed by atoms with E-state index in [0.29, 0.717) is 6.61 Å². The van der Waals surface area contributed by atoms with Crippen molar-refractivity contribution in [1.82, 2.24) is 0 Å². The lowest BCUT2D eigenvalue weighted by Gasteiger charge is -2.24. The summed E-state index contributed by atoms with van der Waals surface area (Å²) in [4.78, 5) is 10.8. The third-order valence-electron chi connectivity index (χ3n) is 1.64. The Labute approximate surface area is 77.3 Å². The minimum absolute atomic E-state index is 0.242. The number of ether oxygens (including phenoxy) is 2. The van der Waals surface area contributed by atoms with E-state index in [9.17, 15) is 4.79 Å². The zero-order valence-electron chi connectivity index (χ0n) is 7.31. The van der Waals surface area contributed by atoms with Crippen LogP contribution in [-0.4, -0.2) is 24.8 Å². The predicted octanol–water partition coefficient (Wildman–Crippen LogP) is 1.23. The molecule has 0 fully saturated rings. The number of rotatable bonds is 4. The van der Waals surface area contributed by atoms with Crippen LogP contribution in [0.5, 0.6) is 0 Å².